The van der Waals surface area contributed by atoms with Crippen molar-refractivity contribution in [2.45, 2.75) is 51.1 Å². The lowest BCUT2D eigenvalue weighted by Crippen LogP contribution is -2.46. The molecule has 0 radical (unpaired) electrons. The summed E-state index contributed by atoms with van der Waals surface area (Å²) in [5.74, 6) is 3.49. The molecule has 1 aliphatic heterocycles. The molecule has 0 aromatic heterocycles. The SMILES string of the molecule is CC(NCC1CCSC1)C(=O)NC1CCCC1. The van der Waals surface area contributed by atoms with Crippen LogP contribution >= 0.6 is 11.8 Å². The molecule has 1 saturated carbocycles. The monoisotopic (exact) mass is 256 g/mol. The zero-order valence-corrected chi connectivity index (χ0v) is 11.5. The van der Waals surface area contributed by atoms with E-state index in [1.54, 1.807) is 0 Å². The van der Waals surface area contributed by atoms with Crippen LogP contribution in [0.2, 0.25) is 0 Å². The number of carbonyl (C=O) groups is 1. The molecule has 4 heteroatoms. The highest BCUT2D eigenvalue weighted by atomic mass is 32.2. The topological polar surface area (TPSA) is 41.1 Å². The van der Waals surface area contributed by atoms with Gasteiger partial charge in [0.25, 0.3) is 0 Å². The van der Waals surface area contributed by atoms with Crippen LogP contribution in [-0.2, 0) is 4.79 Å². The van der Waals surface area contributed by atoms with Gasteiger partial charge in [-0.1, -0.05) is 12.8 Å². The van der Waals surface area contributed by atoms with Crippen LogP contribution in [0, 0.1) is 5.92 Å². The van der Waals surface area contributed by atoms with Gasteiger partial charge >= 0.3 is 0 Å². The Hall–Kier alpha value is -0.220. The fraction of sp³-hybridized carbons (Fsp3) is 0.923. The summed E-state index contributed by atoms with van der Waals surface area (Å²) < 4.78 is 0. The van der Waals surface area contributed by atoms with Crippen molar-refractivity contribution < 1.29 is 4.79 Å². The Bertz CT molecular complexity index is 248. The number of amides is 1. The zero-order chi connectivity index (χ0) is 12.1. The average Bonchev–Trinajstić information content (AvgIpc) is 2.98. The van der Waals surface area contributed by atoms with Crippen LogP contribution in [0.1, 0.15) is 39.0 Å². The molecule has 2 N–H and O–H groups in total. The third kappa shape index (κ3) is 4.18. The van der Waals surface area contributed by atoms with Gasteiger partial charge in [0, 0.05) is 6.04 Å². The minimum absolute atomic E-state index is 0.0406. The molecule has 2 unspecified atom stereocenters. The quantitative estimate of drug-likeness (QED) is 0.788. The predicted octanol–water partition coefficient (Wildman–Crippen LogP) is 1.78. The van der Waals surface area contributed by atoms with E-state index in [1.807, 2.05) is 18.7 Å². The van der Waals surface area contributed by atoms with Gasteiger partial charge in [-0.05, 0) is 50.2 Å². The van der Waals surface area contributed by atoms with Crippen molar-refractivity contribution in [2.75, 3.05) is 18.1 Å². The van der Waals surface area contributed by atoms with Crippen LogP contribution in [0.15, 0.2) is 0 Å². The molecule has 0 aromatic rings. The maximum atomic E-state index is 11.9. The predicted molar refractivity (Wildman–Crippen MR) is 73.3 cm³/mol. The molecule has 0 bridgehead atoms. The summed E-state index contributed by atoms with van der Waals surface area (Å²) >= 11 is 2.03. The van der Waals surface area contributed by atoms with E-state index in [1.165, 1.54) is 30.8 Å². The van der Waals surface area contributed by atoms with Gasteiger partial charge < -0.3 is 10.6 Å². The van der Waals surface area contributed by atoms with E-state index in [9.17, 15) is 4.79 Å². The van der Waals surface area contributed by atoms with Gasteiger partial charge in [-0.15, -0.1) is 0 Å². The second kappa shape index (κ2) is 6.64. The number of hydrogen-bond donors (Lipinski definition) is 2. The first-order chi connectivity index (χ1) is 8.25. The van der Waals surface area contributed by atoms with Crippen molar-refractivity contribution in [1.29, 1.82) is 0 Å². The summed E-state index contributed by atoms with van der Waals surface area (Å²) in [6.45, 7) is 2.97. The Morgan fingerprint density at radius 1 is 1.35 bits per heavy atom. The largest absolute Gasteiger partial charge is 0.352 e. The van der Waals surface area contributed by atoms with Gasteiger partial charge in [0.15, 0.2) is 0 Å². The molecular formula is C13H24N2OS. The molecule has 0 spiro atoms. The summed E-state index contributed by atoms with van der Waals surface area (Å²) in [6.07, 6.45) is 6.17. The molecule has 2 rings (SSSR count). The minimum Gasteiger partial charge on any atom is -0.352 e. The van der Waals surface area contributed by atoms with E-state index in [4.69, 9.17) is 0 Å². The number of rotatable bonds is 5. The average molecular weight is 256 g/mol. The molecule has 1 aliphatic carbocycles. The van der Waals surface area contributed by atoms with Crippen LogP contribution in [-0.4, -0.2) is 36.0 Å². The molecule has 1 saturated heterocycles. The molecule has 3 nitrogen and oxygen atoms in total. The van der Waals surface area contributed by atoms with Crippen LogP contribution < -0.4 is 10.6 Å². The maximum absolute atomic E-state index is 11.9. The van der Waals surface area contributed by atoms with Crippen LogP contribution in [0.25, 0.3) is 0 Å². The third-order valence-electron chi connectivity index (χ3n) is 3.83. The fourth-order valence-corrected chi connectivity index (χ4v) is 3.86. The number of hydrogen-bond acceptors (Lipinski definition) is 3. The molecule has 1 amide bonds. The third-order valence-corrected chi connectivity index (χ3v) is 5.06. The van der Waals surface area contributed by atoms with Crippen molar-refractivity contribution in [2.24, 2.45) is 5.92 Å². The normalized spacial score (nSPS) is 27.2. The lowest BCUT2D eigenvalue weighted by Gasteiger charge is -2.19. The smallest absolute Gasteiger partial charge is 0.237 e. The number of thioether (sulfide) groups is 1. The molecule has 98 valence electrons. The minimum atomic E-state index is -0.0406. The van der Waals surface area contributed by atoms with E-state index >= 15 is 0 Å². The molecule has 1 heterocycles. The van der Waals surface area contributed by atoms with Gasteiger partial charge in [0.1, 0.15) is 0 Å². The van der Waals surface area contributed by atoms with Crippen LogP contribution in [0.4, 0.5) is 0 Å². The highest BCUT2D eigenvalue weighted by molar-refractivity contribution is 7.99. The van der Waals surface area contributed by atoms with Crippen molar-refractivity contribution in [3.05, 3.63) is 0 Å². The number of nitrogens with one attached hydrogen (secondary N) is 2. The second-order valence-electron chi connectivity index (χ2n) is 5.35. The van der Waals surface area contributed by atoms with Crippen molar-refractivity contribution in [3.63, 3.8) is 0 Å². The van der Waals surface area contributed by atoms with Crippen LogP contribution in [0.3, 0.4) is 0 Å². The van der Waals surface area contributed by atoms with Crippen molar-refractivity contribution in [1.82, 2.24) is 10.6 Å². The second-order valence-corrected chi connectivity index (χ2v) is 6.50. The highest BCUT2D eigenvalue weighted by Gasteiger charge is 2.22. The van der Waals surface area contributed by atoms with E-state index in [0.29, 0.717) is 6.04 Å². The lowest BCUT2D eigenvalue weighted by molar-refractivity contribution is -0.123. The van der Waals surface area contributed by atoms with E-state index in [-0.39, 0.29) is 11.9 Å². The van der Waals surface area contributed by atoms with Gasteiger partial charge in [0.2, 0.25) is 5.91 Å². The Labute approximate surface area is 108 Å². The van der Waals surface area contributed by atoms with Gasteiger partial charge in [-0.25, -0.2) is 0 Å². The molecule has 17 heavy (non-hydrogen) atoms. The summed E-state index contributed by atoms with van der Waals surface area (Å²) in [4.78, 5) is 11.9. The lowest BCUT2D eigenvalue weighted by atomic mass is 10.1. The molecular weight excluding hydrogens is 232 g/mol. The fourth-order valence-electron chi connectivity index (χ4n) is 2.58. The van der Waals surface area contributed by atoms with Crippen molar-refractivity contribution in [3.8, 4) is 0 Å². The Balaban J connectivity index is 1.63. The standard InChI is InChI=1S/C13H24N2OS/c1-10(14-8-11-6-7-17-9-11)13(16)15-12-4-2-3-5-12/h10-12,14H,2-9H2,1H3,(H,15,16). The van der Waals surface area contributed by atoms with Gasteiger partial charge in [-0.3, -0.25) is 4.79 Å². The van der Waals surface area contributed by atoms with Gasteiger partial charge in [-0.2, -0.15) is 11.8 Å². The summed E-state index contributed by atoms with van der Waals surface area (Å²) in [5.41, 5.74) is 0. The van der Waals surface area contributed by atoms with Crippen LogP contribution in [0.5, 0.6) is 0 Å². The van der Waals surface area contributed by atoms with E-state index in [0.717, 1.165) is 25.3 Å². The first kappa shape index (κ1) is 13.2. The Kier molecular flexibility index (Phi) is 5.16. The van der Waals surface area contributed by atoms with E-state index < -0.39 is 0 Å². The van der Waals surface area contributed by atoms with Crippen molar-refractivity contribution >= 4 is 17.7 Å². The zero-order valence-electron chi connectivity index (χ0n) is 10.7. The summed E-state index contributed by atoms with van der Waals surface area (Å²) in [7, 11) is 0. The molecule has 0 aromatic carbocycles. The summed E-state index contributed by atoms with van der Waals surface area (Å²) in [6, 6.07) is 0.398. The maximum Gasteiger partial charge on any atom is 0.237 e. The molecule has 2 aliphatic rings. The molecule has 2 fully saturated rings. The first-order valence-electron chi connectivity index (χ1n) is 6.87. The highest BCUT2D eigenvalue weighted by Crippen LogP contribution is 2.22. The summed E-state index contributed by atoms with van der Waals surface area (Å²) in [5, 5.41) is 6.52. The Morgan fingerprint density at radius 3 is 2.76 bits per heavy atom. The van der Waals surface area contributed by atoms with E-state index in [2.05, 4.69) is 10.6 Å². The first-order valence-corrected chi connectivity index (χ1v) is 8.02. The molecule has 2 atom stereocenters. The number of carbonyl (C=O) groups excluding carboxylic acids is 1. The van der Waals surface area contributed by atoms with Gasteiger partial charge in [0.05, 0.1) is 6.04 Å². The Morgan fingerprint density at radius 2 is 2.12 bits per heavy atom.